The van der Waals surface area contributed by atoms with Crippen molar-refractivity contribution in [3.8, 4) is 0 Å². The molecule has 2 rings (SSSR count). The van der Waals surface area contributed by atoms with E-state index in [1.807, 2.05) is 0 Å². The first-order valence-corrected chi connectivity index (χ1v) is 7.65. The number of carbonyl (C=O) groups excluding carboxylic acids is 1. The fourth-order valence-electron chi connectivity index (χ4n) is 3.26. The molecule has 1 aliphatic heterocycles. The van der Waals surface area contributed by atoms with Gasteiger partial charge in [0.2, 0.25) is 5.91 Å². The summed E-state index contributed by atoms with van der Waals surface area (Å²) in [4.78, 5) is 11.9. The standard InChI is InChI=1S/C15H28N2O.ClH/c1-11-4-3-5-13(8-11)6-7-17-15(18)12(2)14-9-16-10-14;/h11-14,16H,3-10H2,1-2H3,(H,17,18);1H. The number of nitrogens with one attached hydrogen (secondary N) is 2. The molecule has 0 spiro atoms. The van der Waals surface area contributed by atoms with Crippen molar-refractivity contribution in [2.45, 2.75) is 46.0 Å². The van der Waals surface area contributed by atoms with Gasteiger partial charge in [-0.3, -0.25) is 4.79 Å². The van der Waals surface area contributed by atoms with E-state index in [1.165, 1.54) is 32.1 Å². The Morgan fingerprint density at radius 2 is 2.11 bits per heavy atom. The molecule has 3 atom stereocenters. The zero-order chi connectivity index (χ0) is 13.0. The Morgan fingerprint density at radius 3 is 2.68 bits per heavy atom. The molecule has 0 aromatic heterocycles. The minimum atomic E-state index is 0. The highest BCUT2D eigenvalue weighted by molar-refractivity contribution is 5.85. The van der Waals surface area contributed by atoms with Gasteiger partial charge in [0.15, 0.2) is 0 Å². The van der Waals surface area contributed by atoms with Crippen LogP contribution in [0.15, 0.2) is 0 Å². The predicted molar refractivity (Wildman–Crippen MR) is 81.5 cm³/mol. The summed E-state index contributed by atoms with van der Waals surface area (Å²) in [7, 11) is 0. The van der Waals surface area contributed by atoms with Gasteiger partial charge in [0.25, 0.3) is 0 Å². The maximum Gasteiger partial charge on any atom is 0.223 e. The average Bonchev–Trinajstić information content (AvgIpc) is 2.26. The predicted octanol–water partition coefficient (Wildman–Crippen LogP) is 2.60. The summed E-state index contributed by atoms with van der Waals surface area (Å²) >= 11 is 0. The first-order chi connectivity index (χ1) is 8.66. The summed E-state index contributed by atoms with van der Waals surface area (Å²) in [6.07, 6.45) is 6.67. The third kappa shape index (κ3) is 4.96. The Morgan fingerprint density at radius 1 is 1.37 bits per heavy atom. The van der Waals surface area contributed by atoms with Gasteiger partial charge in [-0.2, -0.15) is 0 Å². The van der Waals surface area contributed by atoms with Crippen molar-refractivity contribution in [3.63, 3.8) is 0 Å². The Kier molecular flexibility index (Phi) is 7.16. The third-order valence-corrected chi connectivity index (χ3v) is 4.83. The fourth-order valence-corrected chi connectivity index (χ4v) is 3.26. The number of hydrogen-bond acceptors (Lipinski definition) is 2. The van der Waals surface area contributed by atoms with Gasteiger partial charge in [-0.25, -0.2) is 0 Å². The smallest absolute Gasteiger partial charge is 0.223 e. The fraction of sp³-hybridized carbons (Fsp3) is 0.933. The van der Waals surface area contributed by atoms with E-state index >= 15 is 0 Å². The first kappa shape index (κ1) is 16.8. The molecule has 0 aromatic carbocycles. The van der Waals surface area contributed by atoms with Crippen molar-refractivity contribution in [1.29, 1.82) is 0 Å². The first-order valence-electron chi connectivity index (χ1n) is 7.65. The van der Waals surface area contributed by atoms with Crippen LogP contribution in [0, 0.1) is 23.7 Å². The summed E-state index contributed by atoms with van der Waals surface area (Å²) in [6.45, 7) is 7.31. The molecule has 2 fully saturated rings. The Hall–Kier alpha value is -0.280. The minimum absolute atomic E-state index is 0. The van der Waals surface area contributed by atoms with E-state index < -0.39 is 0 Å². The van der Waals surface area contributed by atoms with Gasteiger partial charge in [0, 0.05) is 12.5 Å². The lowest BCUT2D eigenvalue weighted by Gasteiger charge is -2.32. The van der Waals surface area contributed by atoms with Gasteiger partial charge in [-0.05, 0) is 43.7 Å². The Bertz CT molecular complexity index is 281. The van der Waals surface area contributed by atoms with Gasteiger partial charge in [-0.1, -0.05) is 33.1 Å². The molecule has 1 aliphatic carbocycles. The molecule has 1 amide bonds. The average molecular weight is 289 g/mol. The molecule has 1 heterocycles. The van der Waals surface area contributed by atoms with Crippen LogP contribution in [0.4, 0.5) is 0 Å². The van der Waals surface area contributed by atoms with E-state index in [0.717, 1.165) is 31.5 Å². The molecule has 1 saturated carbocycles. The largest absolute Gasteiger partial charge is 0.356 e. The topological polar surface area (TPSA) is 41.1 Å². The lowest BCUT2D eigenvalue weighted by atomic mass is 9.81. The number of hydrogen-bond donors (Lipinski definition) is 2. The highest BCUT2D eigenvalue weighted by atomic mass is 35.5. The van der Waals surface area contributed by atoms with Crippen LogP contribution >= 0.6 is 12.4 Å². The number of halogens is 1. The molecule has 0 aromatic rings. The zero-order valence-corrected chi connectivity index (χ0v) is 13.1. The Balaban J connectivity index is 0.00000180. The van der Waals surface area contributed by atoms with E-state index in [2.05, 4.69) is 24.5 Å². The molecule has 112 valence electrons. The highest BCUT2D eigenvalue weighted by Gasteiger charge is 2.28. The van der Waals surface area contributed by atoms with Gasteiger partial charge in [0.05, 0.1) is 0 Å². The van der Waals surface area contributed by atoms with Gasteiger partial charge in [0.1, 0.15) is 0 Å². The molecular weight excluding hydrogens is 260 g/mol. The van der Waals surface area contributed by atoms with Crippen molar-refractivity contribution < 1.29 is 4.79 Å². The van der Waals surface area contributed by atoms with Gasteiger partial charge in [-0.15, -0.1) is 12.4 Å². The van der Waals surface area contributed by atoms with Crippen LogP contribution in [0.1, 0.15) is 46.0 Å². The molecule has 2 aliphatic rings. The molecular formula is C15H29ClN2O. The van der Waals surface area contributed by atoms with Crippen molar-refractivity contribution in [2.24, 2.45) is 23.7 Å². The molecule has 4 heteroatoms. The van der Waals surface area contributed by atoms with E-state index in [0.29, 0.717) is 5.92 Å². The molecule has 0 bridgehead atoms. The van der Waals surface area contributed by atoms with Crippen LogP contribution < -0.4 is 10.6 Å². The molecule has 19 heavy (non-hydrogen) atoms. The number of carbonyl (C=O) groups is 1. The van der Waals surface area contributed by atoms with Crippen LogP contribution in [0.25, 0.3) is 0 Å². The lowest BCUT2D eigenvalue weighted by molar-refractivity contribution is -0.126. The summed E-state index contributed by atoms with van der Waals surface area (Å²) in [5.41, 5.74) is 0. The second-order valence-corrected chi connectivity index (χ2v) is 6.42. The van der Waals surface area contributed by atoms with E-state index in [1.54, 1.807) is 0 Å². The van der Waals surface area contributed by atoms with E-state index in [4.69, 9.17) is 0 Å². The van der Waals surface area contributed by atoms with Gasteiger partial charge >= 0.3 is 0 Å². The Labute approximate surface area is 123 Å². The molecule has 2 N–H and O–H groups in total. The maximum absolute atomic E-state index is 11.9. The third-order valence-electron chi connectivity index (χ3n) is 4.83. The second kappa shape index (κ2) is 8.11. The van der Waals surface area contributed by atoms with Crippen LogP contribution in [0.2, 0.25) is 0 Å². The van der Waals surface area contributed by atoms with E-state index in [-0.39, 0.29) is 24.2 Å². The second-order valence-electron chi connectivity index (χ2n) is 6.42. The summed E-state index contributed by atoms with van der Waals surface area (Å²) in [5.74, 6) is 2.72. The summed E-state index contributed by atoms with van der Waals surface area (Å²) in [6, 6.07) is 0. The molecule has 3 unspecified atom stereocenters. The van der Waals surface area contributed by atoms with Crippen molar-refractivity contribution in [2.75, 3.05) is 19.6 Å². The van der Waals surface area contributed by atoms with Crippen LogP contribution in [0.5, 0.6) is 0 Å². The number of rotatable bonds is 5. The quantitative estimate of drug-likeness (QED) is 0.816. The van der Waals surface area contributed by atoms with Crippen LogP contribution in [-0.2, 0) is 4.79 Å². The maximum atomic E-state index is 11.9. The molecule has 3 nitrogen and oxygen atoms in total. The highest BCUT2D eigenvalue weighted by Crippen LogP contribution is 2.30. The van der Waals surface area contributed by atoms with Crippen LogP contribution in [-0.4, -0.2) is 25.5 Å². The van der Waals surface area contributed by atoms with Crippen molar-refractivity contribution in [3.05, 3.63) is 0 Å². The van der Waals surface area contributed by atoms with E-state index in [9.17, 15) is 4.79 Å². The minimum Gasteiger partial charge on any atom is -0.356 e. The summed E-state index contributed by atoms with van der Waals surface area (Å²) in [5, 5.41) is 6.36. The number of amides is 1. The zero-order valence-electron chi connectivity index (χ0n) is 12.3. The summed E-state index contributed by atoms with van der Waals surface area (Å²) < 4.78 is 0. The molecule has 0 radical (unpaired) electrons. The van der Waals surface area contributed by atoms with Gasteiger partial charge < -0.3 is 10.6 Å². The van der Waals surface area contributed by atoms with Crippen molar-refractivity contribution >= 4 is 18.3 Å². The lowest BCUT2D eigenvalue weighted by Crippen LogP contribution is -2.49. The van der Waals surface area contributed by atoms with Crippen molar-refractivity contribution in [1.82, 2.24) is 10.6 Å². The monoisotopic (exact) mass is 288 g/mol. The normalized spacial score (nSPS) is 28.9. The molecule has 1 saturated heterocycles. The van der Waals surface area contributed by atoms with Crippen LogP contribution in [0.3, 0.4) is 0 Å². The SMILES string of the molecule is CC1CCCC(CCNC(=O)C(C)C2CNC2)C1.Cl.